The van der Waals surface area contributed by atoms with E-state index in [0.717, 1.165) is 10.5 Å². The van der Waals surface area contributed by atoms with Crippen LogP contribution in [-0.4, -0.2) is 70.8 Å². The Morgan fingerprint density at radius 1 is 1.03 bits per heavy atom. The number of hydrogen-bond donors (Lipinski definition) is 1. The number of piperazine rings is 1. The highest BCUT2D eigenvalue weighted by atomic mass is 35.5. The fourth-order valence-corrected chi connectivity index (χ4v) is 4.81. The SMILES string of the molecule is CC#CC1CN(S(=O)(=O)c2ccc(Cl)nc2)CCN1c1ncc(C(O)(C(F)(F)F)C(F)(F)F)cn1. The van der Waals surface area contributed by atoms with Gasteiger partial charge in [-0.1, -0.05) is 17.5 Å². The summed E-state index contributed by atoms with van der Waals surface area (Å²) in [5.74, 6) is 5.04. The minimum Gasteiger partial charge on any atom is -0.369 e. The molecule has 2 aromatic rings. The molecule has 16 heteroatoms. The van der Waals surface area contributed by atoms with Crippen LogP contribution in [-0.2, 0) is 15.6 Å². The molecule has 0 spiro atoms. The summed E-state index contributed by atoms with van der Waals surface area (Å²) in [7, 11) is -4.00. The molecule has 0 aliphatic carbocycles. The number of pyridine rings is 1. The normalized spacial score (nSPS) is 18.2. The molecule has 1 atom stereocenters. The standard InChI is InChI=1S/C19H16ClF6N5O3S/c1-2-3-13-11-30(35(33,34)14-4-5-15(20)27-10-14)6-7-31(13)16-28-8-12(9-29-16)17(32,18(21,22)23)19(24,25)26/h4-5,8-10,13,32H,6-7,11H2,1H3. The molecule has 8 nitrogen and oxygen atoms in total. The molecule has 35 heavy (non-hydrogen) atoms. The number of aliphatic hydroxyl groups is 1. The van der Waals surface area contributed by atoms with E-state index in [1.54, 1.807) is 0 Å². The number of halogens is 7. The summed E-state index contributed by atoms with van der Waals surface area (Å²) in [6.07, 6.45) is -10.6. The molecule has 1 aliphatic rings. The van der Waals surface area contributed by atoms with Gasteiger partial charge in [0.15, 0.2) is 0 Å². The van der Waals surface area contributed by atoms with E-state index >= 15 is 0 Å². The quantitative estimate of drug-likeness (QED) is 0.360. The fraction of sp³-hybridized carbons (Fsp3) is 0.421. The summed E-state index contributed by atoms with van der Waals surface area (Å²) in [5.41, 5.74) is -6.78. The van der Waals surface area contributed by atoms with Crippen LogP contribution in [0.3, 0.4) is 0 Å². The van der Waals surface area contributed by atoms with Gasteiger partial charge in [-0.3, -0.25) is 0 Å². The van der Waals surface area contributed by atoms with Crippen molar-refractivity contribution in [2.45, 2.75) is 35.8 Å². The highest BCUT2D eigenvalue weighted by Gasteiger charge is 2.71. The lowest BCUT2D eigenvalue weighted by Crippen LogP contribution is -2.55. The first-order valence-corrected chi connectivity index (χ1v) is 11.4. The highest BCUT2D eigenvalue weighted by molar-refractivity contribution is 7.89. The predicted octanol–water partition coefficient (Wildman–Crippen LogP) is 2.74. The molecule has 190 valence electrons. The van der Waals surface area contributed by atoms with Crippen LogP contribution in [0.4, 0.5) is 32.3 Å². The minimum atomic E-state index is -6.08. The smallest absolute Gasteiger partial charge is 0.369 e. The Morgan fingerprint density at radius 3 is 2.11 bits per heavy atom. The fourth-order valence-electron chi connectivity index (χ4n) is 3.31. The third-order valence-corrected chi connectivity index (χ3v) is 7.20. The summed E-state index contributed by atoms with van der Waals surface area (Å²) in [6.45, 7) is 1.06. The van der Waals surface area contributed by atoms with Gasteiger partial charge in [0.25, 0.3) is 5.60 Å². The van der Waals surface area contributed by atoms with Crippen molar-refractivity contribution in [3.8, 4) is 11.8 Å². The first kappa shape index (κ1) is 26.9. The second-order valence-electron chi connectivity index (χ2n) is 7.26. The Balaban J connectivity index is 1.89. The van der Waals surface area contributed by atoms with Crippen LogP contribution in [0.5, 0.6) is 0 Å². The van der Waals surface area contributed by atoms with Crippen molar-refractivity contribution in [3.63, 3.8) is 0 Å². The van der Waals surface area contributed by atoms with Crippen molar-refractivity contribution in [1.29, 1.82) is 0 Å². The molecule has 0 radical (unpaired) electrons. The van der Waals surface area contributed by atoms with Gasteiger partial charge in [0.1, 0.15) is 16.1 Å². The Bertz CT molecular complexity index is 1210. The molecule has 3 rings (SSSR count). The maximum atomic E-state index is 13.1. The lowest BCUT2D eigenvalue weighted by molar-refractivity contribution is -0.376. The van der Waals surface area contributed by atoms with Crippen molar-refractivity contribution >= 4 is 27.6 Å². The third-order valence-electron chi connectivity index (χ3n) is 5.13. The zero-order valence-electron chi connectivity index (χ0n) is 17.6. The molecular formula is C19H16ClF6N5O3S. The Kier molecular flexibility index (Phi) is 7.24. The van der Waals surface area contributed by atoms with E-state index in [2.05, 4.69) is 26.8 Å². The number of alkyl halides is 6. The molecule has 1 saturated heterocycles. The number of rotatable bonds is 4. The molecule has 1 aliphatic heterocycles. The highest BCUT2D eigenvalue weighted by Crippen LogP contribution is 2.49. The zero-order valence-corrected chi connectivity index (χ0v) is 19.2. The van der Waals surface area contributed by atoms with Crippen LogP contribution in [0.15, 0.2) is 35.6 Å². The summed E-state index contributed by atoms with van der Waals surface area (Å²) in [5, 5.41) is 9.58. The van der Waals surface area contributed by atoms with Gasteiger partial charge in [-0.15, -0.1) is 5.92 Å². The van der Waals surface area contributed by atoms with Crippen molar-refractivity contribution in [2.24, 2.45) is 0 Å². The van der Waals surface area contributed by atoms with Crippen molar-refractivity contribution < 1.29 is 39.9 Å². The van der Waals surface area contributed by atoms with Gasteiger partial charge < -0.3 is 10.0 Å². The molecule has 2 aromatic heterocycles. The van der Waals surface area contributed by atoms with Gasteiger partial charge >= 0.3 is 12.4 Å². The van der Waals surface area contributed by atoms with Gasteiger partial charge in [0, 0.05) is 43.8 Å². The average molecular weight is 544 g/mol. The van der Waals surface area contributed by atoms with E-state index in [1.165, 1.54) is 24.0 Å². The topological polar surface area (TPSA) is 99.5 Å². The van der Waals surface area contributed by atoms with E-state index in [-0.39, 0.29) is 48.0 Å². The van der Waals surface area contributed by atoms with Crippen LogP contribution in [0.25, 0.3) is 0 Å². The number of hydrogen-bond acceptors (Lipinski definition) is 7. The van der Waals surface area contributed by atoms with Gasteiger partial charge in [-0.2, -0.15) is 30.6 Å². The monoisotopic (exact) mass is 543 g/mol. The van der Waals surface area contributed by atoms with Crippen LogP contribution >= 0.6 is 11.6 Å². The molecule has 1 N–H and O–H groups in total. The summed E-state index contributed by atoms with van der Waals surface area (Å²) in [6, 6.07) is 1.69. The molecule has 0 saturated carbocycles. The molecule has 0 bridgehead atoms. The summed E-state index contributed by atoms with van der Waals surface area (Å²) in [4.78, 5) is 12.1. The second kappa shape index (κ2) is 9.41. The van der Waals surface area contributed by atoms with Crippen LogP contribution < -0.4 is 4.90 Å². The summed E-state index contributed by atoms with van der Waals surface area (Å²) < 4.78 is 106. The molecule has 0 amide bonds. The van der Waals surface area contributed by atoms with E-state index in [4.69, 9.17) is 11.6 Å². The molecule has 0 aromatic carbocycles. The molecule has 1 unspecified atom stereocenters. The second-order valence-corrected chi connectivity index (χ2v) is 9.59. The largest absolute Gasteiger partial charge is 0.430 e. The molecular weight excluding hydrogens is 528 g/mol. The van der Waals surface area contributed by atoms with Gasteiger partial charge in [0.05, 0.1) is 0 Å². The maximum absolute atomic E-state index is 13.1. The zero-order chi connectivity index (χ0) is 26.2. The van der Waals surface area contributed by atoms with E-state index in [0.29, 0.717) is 0 Å². The number of sulfonamides is 1. The number of nitrogens with zero attached hydrogens (tertiary/aromatic N) is 5. The van der Waals surface area contributed by atoms with E-state index in [9.17, 15) is 39.9 Å². The van der Waals surface area contributed by atoms with E-state index < -0.39 is 39.6 Å². The molecule has 3 heterocycles. The first-order valence-electron chi connectivity index (χ1n) is 9.62. The van der Waals surface area contributed by atoms with Crippen molar-refractivity contribution in [2.75, 3.05) is 24.5 Å². The van der Waals surface area contributed by atoms with Gasteiger partial charge in [-0.25, -0.2) is 23.4 Å². The van der Waals surface area contributed by atoms with Crippen LogP contribution in [0.1, 0.15) is 12.5 Å². The minimum absolute atomic E-state index is 0.0816. The number of anilines is 1. The van der Waals surface area contributed by atoms with Crippen LogP contribution in [0, 0.1) is 11.8 Å². The number of aromatic nitrogens is 3. The first-order chi connectivity index (χ1) is 16.1. The van der Waals surface area contributed by atoms with Crippen LogP contribution in [0.2, 0.25) is 5.15 Å². The lowest BCUT2D eigenvalue weighted by Gasteiger charge is -2.38. The third kappa shape index (κ3) is 5.01. The Morgan fingerprint density at radius 2 is 1.63 bits per heavy atom. The summed E-state index contributed by atoms with van der Waals surface area (Å²) >= 11 is 5.69. The maximum Gasteiger partial charge on any atom is 0.430 e. The van der Waals surface area contributed by atoms with Crippen molar-refractivity contribution in [3.05, 3.63) is 41.4 Å². The predicted molar refractivity (Wildman–Crippen MR) is 111 cm³/mol. The Labute approximate surface area is 200 Å². The van der Waals surface area contributed by atoms with Gasteiger partial charge in [-0.05, 0) is 19.1 Å². The van der Waals surface area contributed by atoms with Gasteiger partial charge in [0.2, 0.25) is 16.0 Å². The molecule has 1 fully saturated rings. The Hall–Kier alpha value is -2.67. The lowest BCUT2D eigenvalue weighted by atomic mass is 9.95. The average Bonchev–Trinajstić information content (AvgIpc) is 2.77. The van der Waals surface area contributed by atoms with Crippen molar-refractivity contribution in [1.82, 2.24) is 19.3 Å². The van der Waals surface area contributed by atoms with E-state index in [1.807, 2.05) is 0 Å².